The van der Waals surface area contributed by atoms with E-state index >= 15 is 0 Å². The zero-order valence-corrected chi connectivity index (χ0v) is 34.5. The lowest BCUT2D eigenvalue weighted by atomic mass is 9.46. The largest absolute Gasteiger partial charge is 0.481 e. The van der Waals surface area contributed by atoms with Gasteiger partial charge in [-0.2, -0.15) is 0 Å². The molecule has 6 fully saturated rings. The molecule has 6 rings (SSSR count). The molecule has 1 heterocycles. The summed E-state index contributed by atoms with van der Waals surface area (Å²) in [7, 11) is 3.60. The number of carboxylic acids is 1. The van der Waals surface area contributed by atoms with Crippen molar-refractivity contribution in [3.63, 3.8) is 0 Å². The third-order valence-electron chi connectivity index (χ3n) is 15.0. The highest BCUT2D eigenvalue weighted by Crippen LogP contribution is 2.89. The zero-order valence-electron chi connectivity index (χ0n) is 34.5. The molecule has 0 aromatic rings. The number of ketones is 1. The van der Waals surface area contributed by atoms with Crippen LogP contribution in [0.2, 0.25) is 0 Å². The number of carbonyl (C=O) groups excluding carboxylic acids is 2. The van der Waals surface area contributed by atoms with Crippen LogP contribution in [0.1, 0.15) is 133 Å². The molecule has 11 atom stereocenters. The van der Waals surface area contributed by atoms with Crippen LogP contribution in [0.3, 0.4) is 0 Å². The zero-order chi connectivity index (χ0) is 39.0. The Bertz CT molecular complexity index is 1260. The van der Waals surface area contributed by atoms with Crippen LogP contribution < -0.4 is 0 Å². The number of nitrogens with zero attached hydrogens (tertiary/aromatic N) is 2. The Morgan fingerprint density at radius 1 is 1.02 bits per heavy atom. The Morgan fingerprint density at radius 2 is 1.67 bits per heavy atom. The Kier molecular flexibility index (Phi) is 13.5. The van der Waals surface area contributed by atoms with Crippen molar-refractivity contribution in [2.24, 2.45) is 51.2 Å². The van der Waals surface area contributed by atoms with Gasteiger partial charge in [-0.3, -0.25) is 19.3 Å². The minimum absolute atomic E-state index is 0.0162. The van der Waals surface area contributed by atoms with Gasteiger partial charge in [-0.05, 0) is 111 Å². The number of ether oxygens (including phenoxy) is 2. The fraction of sp³-hybridized carbons (Fsp3) is 0.929. The first kappa shape index (κ1) is 43.1. The molecule has 3 N–H and O–H groups in total. The molecule has 300 valence electrons. The quantitative estimate of drug-likeness (QED) is 0.218. The van der Waals surface area contributed by atoms with Crippen molar-refractivity contribution in [2.75, 3.05) is 40.3 Å². The summed E-state index contributed by atoms with van der Waals surface area (Å²) in [6.45, 7) is 20.8. The van der Waals surface area contributed by atoms with Gasteiger partial charge in [-0.1, -0.05) is 60.8 Å². The molecular formula is C42H74N2O8. The number of aliphatic carboxylic acids is 1. The maximum absolute atomic E-state index is 14.0. The van der Waals surface area contributed by atoms with Crippen molar-refractivity contribution in [3.05, 3.63) is 0 Å². The number of morpholine rings is 1. The number of Topliss-reactive ketones (excluding diaryl/α,β-unsaturated/α-hetero) is 1. The number of hydrogen-bond acceptors (Lipinski definition) is 8. The summed E-state index contributed by atoms with van der Waals surface area (Å²) in [6.07, 6.45) is 10.2. The second kappa shape index (κ2) is 16.3. The average molecular weight is 735 g/mol. The molecule has 1 aliphatic heterocycles. The molecule has 11 unspecified atom stereocenters. The van der Waals surface area contributed by atoms with Gasteiger partial charge in [0.2, 0.25) is 5.91 Å². The highest BCUT2D eigenvalue weighted by atomic mass is 16.7. The van der Waals surface area contributed by atoms with Crippen LogP contribution in [0.5, 0.6) is 0 Å². The molecule has 52 heavy (non-hydrogen) atoms. The van der Waals surface area contributed by atoms with E-state index in [1.165, 1.54) is 6.42 Å². The number of fused-ring (bicyclic) bond motifs is 2. The molecule has 1 amide bonds. The van der Waals surface area contributed by atoms with E-state index in [1.54, 1.807) is 19.0 Å². The number of likely N-dealkylation sites (N-methyl/N-ethyl adjacent to an activating group) is 1. The van der Waals surface area contributed by atoms with E-state index in [0.717, 1.165) is 77.7 Å². The first-order chi connectivity index (χ1) is 24.2. The van der Waals surface area contributed by atoms with Crippen molar-refractivity contribution >= 4 is 17.7 Å². The Balaban J connectivity index is 0.000000944. The lowest BCUT2D eigenvalue weighted by Crippen LogP contribution is -2.56. The van der Waals surface area contributed by atoms with Gasteiger partial charge in [0.1, 0.15) is 6.10 Å². The van der Waals surface area contributed by atoms with Crippen molar-refractivity contribution in [1.29, 1.82) is 0 Å². The molecule has 10 nitrogen and oxygen atoms in total. The molecule has 5 aliphatic carbocycles. The minimum atomic E-state index is -0.833. The van der Waals surface area contributed by atoms with Gasteiger partial charge in [-0.15, -0.1) is 0 Å². The number of hydrogen-bond donors (Lipinski definition) is 3. The van der Waals surface area contributed by atoms with Crippen LogP contribution in [0.25, 0.3) is 0 Å². The Labute approximate surface area is 314 Å². The summed E-state index contributed by atoms with van der Waals surface area (Å²) in [6, 6.07) is 0. The molecule has 0 aromatic heterocycles. The van der Waals surface area contributed by atoms with E-state index in [4.69, 9.17) is 19.4 Å². The van der Waals surface area contributed by atoms with Crippen molar-refractivity contribution in [3.8, 4) is 0 Å². The summed E-state index contributed by atoms with van der Waals surface area (Å²) < 4.78 is 12.9. The van der Waals surface area contributed by atoms with Gasteiger partial charge in [0.15, 0.2) is 12.1 Å². The molecule has 0 aromatic carbocycles. The molecule has 1 saturated heterocycles. The van der Waals surface area contributed by atoms with Crippen LogP contribution in [0, 0.1) is 51.2 Å². The van der Waals surface area contributed by atoms with E-state index in [2.05, 4.69) is 32.6 Å². The molecule has 6 aliphatic rings. The second-order valence-corrected chi connectivity index (χ2v) is 18.7. The Hall–Kier alpha value is -1.59. The number of amides is 1. The SMILES string of the molecule is CC.CC(=O)O.CC1C23CCC4(C)C(CCCCCC(C)(C)O)C(O)C(=O)C4C2CCC2C(C)(C)C(OC4CN(CC(=O)N(C)C)CCO4)CCC213. The van der Waals surface area contributed by atoms with Crippen LogP contribution in [-0.2, 0) is 23.9 Å². The molecular weight excluding hydrogens is 660 g/mol. The fourth-order valence-corrected chi connectivity index (χ4v) is 12.8. The normalized spacial score (nSPS) is 40.4. The van der Waals surface area contributed by atoms with Crippen LogP contribution in [0.15, 0.2) is 0 Å². The molecule has 0 radical (unpaired) electrons. The first-order valence-electron chi connectivity index (χ1n) is 20.6. The maximum Gasteiger partial charge on any atom is 0.300 e. The lowest BCUT2D eigenvalue weighted by Gasteiger charge is -2.59. The number of aliphatic hydroxyl groups excluding tert-OH is 1. The van der Waals surface area contributed by atoms with Crippen LogP contribution in [-0.4, -0.2) is 107 Å². The summed E-state index contributed by atoms with van der Waals surface area (Å²) >= 11 is 0. The fourth-order valence-electron chi connectivity index (χ4n) is 12.8. The number of unbranched alkanes of at least 4 members (excludes halogenated alkanes) is 2. The van der Waals surface area contributed by atoms with Crippen molar-refractivity contribution < 1.29 is 39.2 Å². The summed E-state index contributed by atoms with van der Waals surface area (Å²) in [5.41, 5.74) is -0.321. The minimum Gasteiger partial charge on any atom is -0.481 e. The number of carbonyl (C=O) groups is 3. The summed E-state index contributed by atoms with van der Waals surface area (Å²) in [4.78, 5) is 39.2. The molecule has 0 bridgehead atoms. The van der Waals surface area contributed by atoms with E-state index in [-0.39, 0.29) is 57.6 Å². The van der Waals surface area contributed by atoms with Crippen LogP contribution >= 0.6 is 0 Å². The van der Waals surface area contributed by atoms with Gasteiger partial charge in [-0.25, -0.2) is 0 Å². The molecule has 10 heteroatoms. The monoisotopic (exact) mass is 735 g/mol. The summed E-state index contributed by atoms with van der Waals surface area (Å²) in [5.74, 6) is 0.945. The number of rotatable bonds is 10. The lowest BCUT2D eigenvalue weighted by molar-refractivity contribution is -0.245. The topological polar surface area (TPSA) is 137 Å². The van der Waals surface area contributed by atoms with E-state index in [0.29, 0.717) is 37.5 Å². The van der Waals surface area contributed by atoms with Crippen LogP contribution in [0.4, 0.5) is 0 Å². The highest BCUT2D eigenvalue weighted by Gasteiger charge is 2.85. The summed E-state index contributed by atoms with van der Waals surface area (Å²) in [5, 5.41) is 29.0. The van der Waals surface area contributed by atoms with Gasteiger partial charge in [0.25, 0.3) is 5.97 Å². The van der Waals surface area contributed by atoms with E-state index in [1.807, 2.05) is 27.7 Å². The number of carboxylic acid groups (broad SMARTS) is 1. The van der Waals surface area contributed by atoms with E-state index in [9.17, 15) is 19.8 Å². The maximum atomic E-state index is 14.0. The standard InChI is InChI=1S/C38H64N2O6.C2H4O2.C2H6/c1-24-37-19-18-36(6)26(12-10-9-11-16-34(2,3)44)32(42)33(43)31(36)25(37)13-14-27-35(4,5)28(15-17-38(24,27)37)46-30-23-40(20-21-45-30)22-29(41)39(7)8;1-2(3)4;1-2/h24-28,30-32,42,44H,9-23H2,1-8H3;1H3,(H,3,4);1-2H3. The molecule has 5 saturated carbocycles. The highest BCUT2D eigenvalue weighted by molar-refractivity contribution is 5.89. The average Bonchev–Trinajstić information content (AvgIpc) is 3.52. The van der Waals surface area contributed by atoms with Gasteiger partial charge < -0.3 is 29.7 Å². The van der Waals surface area contributed by atoms with Crippen molar-refractivity contribution in [2.45, 2.75) is 157 Å². The first-order valence-corrected chi connectivity index (χ1v) is 20.6. The van der Waals surface area contributed by atoms with Crippen molar-refractivity contribution in [1.82, 2.24) is 9.80 Å². The predicted molar refractivity (Wildman–Crippen MR) is 202 cm³/mol. The third-order valence-corrected chi connectivity index (χ3v) is 15.0. The van der Waals surface area contributed by atoms with Gasteiger partial charge in [0, 0.05) is 33.5 Å². The van der Waals surface area contributed by atoms with E-state index < -0.39 is 17.7 Å². The third kappa shape index (κ3) is 7.76. The smallest absolute Gasteiger partial charge is 0.300 e. The van der Waals surface area contributed by atoms with Gasteiger partial charge >= 0.3 is 0 Å². The number of aliphatic hydroxyl groups is 2. The molecule has 2 spiro atoms. The second-order valence-electron chi connectivity index (χ2n) is 18.7. The van der Waals surface area contributed by atoms with Gasteiger partial charge in [0.05, 0.1) is 31.4 Å². The predicted octanol–water partition coefficient (Wildman–Crippen LogP) is 6.40. The Morgan fingerprint density at radius 3 is 2.29 bits per heavy atom.